The van der Waals surface area contributed by atoms with Gasteiger partial charge in [-0.1, -0.05) is 56.3 Å². The molecule has 0 saturated heterocycles. The van der Waals surface area contributed by atoms with Crippen LogP contribution in [-0.2, 0) is 17.6 Å². The van der Waals surface area contributed by atoms with Crippen molar-refractivity contribution in [2.45, 2.75) is 39.7 Å². The third-order valence-corrected chi connectivity index (χ3v) is 4.60. The van der Waals surface area contributed by atoms with Crippen molar-refractivity contribution in [3.05, 3.63) is 75.7 Å². The maximum absolute atomic E-state index is 12.5. The predicted molar refractivity (Wildman–Crippen MR) is 108 cm³/mol. The summed E-state index contributed by atoms with van der Waals surface area (Å²) in [4.78, 5) is 24.3. The smallest absolute Gasteiger partial charge is 0.272 e. The molecule has 27 heavy (non-hydrogen) atoms. The summed E-state index contributed by atoms with van der Waals surface area (Å²) in [7, 11) is 0. The van der Waals surface area contributed by atoms with E-state index in [1.165, 1.54) is 5.56 Å². The van der Waals surface area contributed by atoms with Gasteiger partial charge in [0.1, 0.15) is 0 Å². The van der Waals surface area contributed by atoms with Gasteiger partial charge < -0.3 is 5.32 Å². The van der Waals surface area contributed by atoms with E-state index >= 15 is 0 Å². The molecule has 0 aliphatic heterocycles. The van der Waals surface area contributed by atoms with E-state index < -0.39 is 0 Å². The number of rotatable bonds is 6. The lowest BCUT2D eigenvalue weighted by Gasteiger charge is -2.15. The molecule has 0 aliphatic carbocycles. The Bertz CT molecular complexity index is 990. The molecule has 1 atom stereocenters. The van der Waals surface area contributed by atoms with Gasteiger partial charge in [-0.15, -0.1) is 0 Å². The molecule has 0 spiro atoms. The van der Waals surface area contributed by atoms with E-state index in [2.05, 4.69) is 53.6 Å². The maximum atomic E-state index is 12.5. The minimum Gasteiger partial charge on any atom is -0.349 e. The van der Waals surface area contributed by atoms with E-state index in [1.807, 2.05) is 19.1 Å². The molecule has 1 unspecified atom stereocenters. The minimum absolute atomic E-state index is 0.0976. The molecule has 1 heterocycles. The molecular weight excluding hydrogens is 338 g/mol. The summed E-state index contributed by atoms with van der Waals surface area (Å²) < 4.78 is 0. The number of fused-ring (bicyclic) bond motifs is 1. The molecule has 140 valence electrons. The van der Waals surface area contributed by atoms with Gasteiger partial charge in [-0.25, -0.2) is 5.10 Å². The van der Waals surface area contributed by atoms with Gasteiger partial charge >= 0.3 is 0 Å². The van der Waals surface area contributed by atoms with Gasteiger partial charge in [0.15, 0.2) is 0 Å². The first-order chi connectivity index (χ1) is 12.9. The SMILES string of the molecule is CC(C)Cc1ccc(C(C)NC(=O)Cc2n[nH]c(=O)c3ccccc23)cc1. The van der Waals surface area contributed by atoms with Crippen LogP contribution in [0.5, 0.6) is 0 Å². The van der Waals surface area contributed by atoms with Crippen LogP contribution in [0, 0.1) is 5.92 Å². The number of H-pyrrole nitrogens is 1. The van der Waals surface area contributed by atoms with E-state index in [0.29, 0.717) is 22.4 Å². The van der Waals surface area contributed by atoms with Crippen LogP contribution in [0.3, 0.4) is 0 Å². The number of nitrogens with zero attached hydrogens (tertiary/aromatic N) is 1. The molecule has 2 N–H and O–H groups in total. The Balaban J connectivity index is 1.69. The molecule has 0 fully saturated rings. The van der Waals surface area contributed by atoms with Crippen LogP contribution >= 0.6 is 0 Å². The Kier molecular flexibility index (Phi) is 5.69. The predicted octanol–water partition coefficient (Wildman–Crippen LogP) is 3.54. The van der Waals surface area contributed by atoms with Crippen LogP contribution in [-0.4, -0.2) is 16.1 Å². The first-order valence-corrected chi connectivity index (χ1v) is 9.28. The van der Waals surface area contributed by atoms with Gasteiger partial charge in [0.2, 0.25) is 5.91 Å². The zero-order chi connectivity index (χ0) is 19.4. The second-order valence-corrected chi connectivity index (χ2v) is 7.35. The fourth-order valence-electron chi connectivity index (χ4n) is 3.25. The van der Waals surface area contributed by atoms with Gasteiger partial charge in [-0.05, 0) is 36.5 Å². The van der Waals surface area contributed by atoms with E-state index in [4.69, 9.17) is 0 Å². The third-order valence-electron chi connectivity index (χ3n) is 4.60. The topological polar surface area (TPSA) is 74.8 Å². The number of hydrogen-bond acceptors (Lipinski definition) is 3. The Morgan fingerprint density at radius 1 is 1.04 bits per heavy atom. The first kappa shape index (κ1) is 18.8. The van der Waals surface area contributed by atoms with Gasteiger partial charge in [0.25, 0.3) is 5.56 Å². The normalized spacial score (nSPS) is 12.3. The van der Waals surface area contributed by atoms with Crippen LogP contribution in [0.4, 0.5) is 0 Å². The molecule has 3 rings (SSSR count). The van der Waals surface area contributed by atoms with E-state index in [9.17, 15) is 9.59 Å². The van der Waals surface area contributed by atoms with Gasteiger partial charge in [0.05, 0.1) is 23.5 Å². The number of nitrogens with one attached hydrogen (secondary N) is 2. The molecule has 5 nitrogen and oxygen atoms in total. The van der Waals surface area contributed by atoms with Crippen LogP contribution in [0.25, 0.3) is 10.8 Å². The number of aromatic nitrogens is 2. The number of benzene rings is 2. The van der Waals surface area contributed by atoms with E-state index in [0.717, 1.165) is 12.0 Å². The molecule has 0 radical (unpaired) electrons. The molecule has 1 amide bonds. The Morgan fingerprint density at radius 3 is 2.37 bits per heavy atom. The quantitative estimate of drug-likeness (QED) is 0.703. The Hall–Kier alpha value is -2.95. The largest absolute Gasteiger partial charge is 0.349 e. The highest BCUT2D eigenvalue weighted by Gasteiger charge is 2.14. The summed E-state index contributed by atoms with van der Waals surface area (Å²) in [6.45, 7) is 6.37. The highest BCUT2D eigenvalue weighted by molar-refractivity contribution is 5.88. The number of carbonyl (C=O) groups is 1. The monoisotopic (exact) mass is 363 g/mol. The highest BCUT2D eigenvalue weighted by Crippen LogP contribution is 2.17. The Morgan fingerprint density at radius 2 is 1.70 bits per heavy atom. The number of carbonyl (C=O) groups excluding carboxylic acids is 1. The Labute approximate surface area is 158 Å². The van der Waals surface area contributed by atoms with Crippen molar-refractivity contribution in [1.29, 1.82) is 0 Å². The number of aromatic amines is 1. The summed E-state index contributed by atoms with van der Waals surface area (Å²) in [5, 5.41) is 10.8. The summed E-state index contributed by atoms with van der Waals surface area (Å²) in [6.07, 6.45) is 1.17. The van der Waals surface area contributed by atoms with Gasteiger partial charge in [-0.2, -0.15) is 5.10 Å². The summed E-state index contributed by atoms with van der Waals surface area (Å²) in [5.74, 6) is 0.492. The molecular formula is C22H25N3O2. The third kappa shape index (κ3) is 4.61. The summed E-state index contributed by atoms with van der Waals surface area (Å²) in [5.41, 5.74) is 2.69. The van der Waals surface area contributed by atoms with Crippen molar-refractivity contribution in [2.24, 2.45) is 5.92 Å². The van der Waals surface area contributed by atoms with Gasteiger partial charge in [0, 0.05) is 5.39 Å². The lowest BCUT2D eigenvalue weighted by atomic mass is 10.00. The van der Waals surface area contributed by atoms with Crippen molar-refractivity contribution < 1.29 is 4.79 Å². The fourth-order valence-corrected chi connectivity index (χ4v) is 3.25. The van der Waals surface area contributed by atoms with Crippen LogP contribution in [0.2, 0.25) is 0 Å². The second kappa shape index (κ2) is 8.16. The zero-order valence-corrected chi connectivity index (χ0v) is 16.0. The van der Waals surface area contributed by atoms with Crippen molar-refractivity contribution in [3.63, 3.8) is 0 Å². The van der Waals surface area contributed by atoms with Crippen molar-refractivity contribution >= 4 is 16.7 Å². The van der Waals surface area contributed by atoms with Crippen molar-refractivity contribution in [2.75, 3.05) is 0 Å². The second-order valence-electron chi connectivity index (χ2n) is 7.35. The lowest BCUT2D eigenvalue weighted by molar-refractivity contribution is -0.121. The molecule has 5 heteroatoms. The van der Waals surface area contributed by atoms with E-state index in [-0.39, 0.29) is 23.9 Å². The number of hydrogen-bond donors (Lipinski definition) is 2. The molecule has 3 aromatic rings. The lowest BCUT2D eigenvalue weighted by Crippen LogP contribution is -2.29. The van der Waals surface area contributed by atoms with Crippen molar-refractivity contribution in [1.82, 2.24) is 15.5 Å². The zero-order valence-electron chi connectivity index (χ0n) is 16.0. The molecule has 2 aromatic carbocycles. The molecule has 0 saturated carbocycles. The van der Waals surface area contributed by atoms with Crippen LogP contribution in [0.1, 0.15) is 43.6 Å². The fraction of sp³-hybridized carbons (Fsp3) is 0.318. The van der Waals surface area contributed by atoms with Crippen LogP contribution in [0.15, 0.2) is 53.3 Å². The summed E-state index contributed by atoms with van der Waals surface area (Å²) in [6, 6.07) is 15.5. The minimum atomic E-state index is -0.246. The highest BCUT2D eigenvalue weighted by atomic mass is 16.1. The molecule has 0 aliphatic rings. The van der Waals surface area contributed by atoms with Crippen molar-refractivity contribution in [3.8, 4) is 0 Å². The van der Waals surface area contributed by atoms with E-state index in [1.54, 1.807) is 12.1 Å². The average Bonchev–Trinajstić information content (AvgIpc) is 2.64. The molecule has 1 aromatic heterocycles. The average molecular weight is 363 g/mol. The number of amides is 1. The van der Waals surface area contributed by atoms with Crippen LogP contribution < -0.4 is 10.9 Å². The standard InChI is InChI=1S/C22H25N3O2/c1-14(2)12-16-8-10-17(11-9-16)15(3)23-21(26)13-20-18-6-4-5-7-19(18)22(27)25-24-20/h4-11,14-15H,12-13H2,1-3H3,(H,23,26)(H,25,27). The molecule has 0 bridgehead atoms. The maximum Gasteiger partial charge on any atom is 0.272 e. The summed E-state index contributed by atoms with van der Waals surface area (Å²) >= 11 is 0. The van der Waals surface area contributed by atoms with Gasteiger partial charge in [-0.3, -0.25) is 9.59 Å². The first-order valence-electron chi connectivity index (χ1n) is 9.28.